The lowest BCUT2D eigenvalue weighted by Crippen LogP contribution is -2.49. The summed E-state index contributed by atoms with van der Waals surface area (Å²) in [4.78, 5) is 25.0. The van der Waals surface area contributed by atoms with Gasteiger partial charge in [-0.05, 0) is 19.3 Å². The molecule has 0 aromatic carbocycles. The van der Waals surface area contributed by atoms with Crippen molar-refractivity contribution in [2.24, 2.45) is 11.1 Å². The number of amides is 2. The Morgan fingerprint density at radius 2 is 2.11 bits per heavy atom. The average Bonchev–Trinajstić information content (AvgIpc) is 2.83. The molecule has 0 aromatic rings. The number of nitrogens with one attached hydrogen (secondary N) is 1. The first-order chi connectivity index (χ1) is 9.03. The Labute approximate surface area is 112 Å². The molecule has 7 nitrogen and oxygen atoms in total. The second-order valence-electron chi connectivity index (χ2n) is 5.35. The quantitative estimate of drug-likeness (QED) is 0.648. The van der Waals surface area contributed by atoms with Gasteiger partial charge in [0.1, 0.15) is 0 Å². The standard InChI is InChI=1S/C12H21N3O4/c13-9-1-4-15(7-9)11(18)14-8-12(10(16)17)2-5-19-6-3-12/h9H,1-8,13H2,(H,14,18)(H,16,17). The summed E-state index contributed by atoms with van der Waals surface area (Å²) in [7, 11) is 0. The van der Waals surface area contributed by atoms with Crippen molar-refractivity contribution < 1.29 is 19.4 Å². The van der Waals surface area contributed by atoms with Crippen molar-refractivity contribution in [1.82, 2.24) is 10.2 Å². The van der Waals surface area contributed by atoms with Crippen LogP contribution < -0.4 is 11.1 Å². The maximum absolute atomic E-state index is 11.9. The van der Waals surface area contributed by atoms with Crippen LogP contribution in [0.4, 0.5) is 4.79 Å². The molecule has 0 aromatic heterocycles. The van der Waals surface area contributed by atoms with Crippen molar-refractivity contribution in [3.63, 3.8) is 0 Å². The summed E-state index contributed by atoms with van der Waals surface area (Å²) in [6.45, 7) is 2.18. The Kier molecular flexibility index (Phi) is 4.26. The molecule has 0 aliphatic carbocycles. The second-order valence-corrected chi connectivity index (χ2v) is 5.35. The molecule has 0 saturated carbocycles. The molecule has 2 fully saturated rings. The lowest BCUT2D eigenvalue weighted by molar-refractivity contribution is -0.154. The molecule has 19 heavy (non-hydrogen) atoms. The van der Waals surface area contributed by atoms with Crippen LogP contribution in [-0.4, -0.2) is 60.9 Å². The third kappa shape index (κ3) is 3.16. The molecule has 0 spiro atoms. The summed E-state index contributed by atoms with van der Waals surface area (Å²) in [6, 6.07) is -0.192. The third-order valence-electron chi connectivity index (χ3n) is 3.99. The van der Waals surface area contributed by atoms with Crippen LogP contribution >= 0.6 is 0 Å². The van der Waals surface area contributed by atoms with Gasteiger partial charge in [-0.15, -0.1) is 0 Å². The van der Waals surface area contributed by atoms with Crippen LogP contribution in [0.25, 0.3) is 0 Å². The highest BCUT2D eigenvalue weighted by Crippen LogP contribution is 2.30. The molecule has 4 N–H and O–H groups in total. The van der Waals surface area contributed by atoms with E-state index in [9.17, 15) is 14.7 Å². The maximum atomic E-state index is 11.9. The summed E-state index contributed by atoms with van der Waals surface area (Å²) in [5, 5.41) is 12.1. The van der Waals surface area contributed by atoms with E-state index in [1.165, 1.54) is 0 Å². The number of carbonyl (C=O) groups excluding carboxylic acids is 1. The smallest absolute Gasteiger partial charge is 0.317 e. The fourth-order valence-electron chi connectivity index (χ4n) is 2.56. The minimum absolute atomic E-state index is 0.0299. The van der Waals surface area contributed by atoms with E-state index in [1.54, 1.807) is 4.90 Å². The van der Waals surface area contributed by atoms with Crippen LogP contribution in [0.5, 0.6) is 0 Å². The Bertz CT molecular complexity index is 355. The SMILES string of the molecule is NC1CCN(C(=O)NCC2(C(=O)O)CCOCC2)C1. The molecular weight excluding hydrogens is 250 g/mol. The van der Waals surface area contributed by atoms with Crippen molar-refractivity contribution in [2.45, 2.75) is 25.3 Å². The van der Waals surface area contributed by atoms with Crippen molar-refractivity contribution in [2.75, 3.05) is 32.8 Å². The largest absolute Gasteiger partial charge is 0.481 e. The highest BCUT2D eigenvalue weighted by Gasteiger charge is 2.40. The molecular formula is C12H21N3O4. The summed E-state index contributed by atoms with van der Waals surface area (Å²) >= 11 is 0. The molecule has 1 unspecified atom stereocenters. The van der Waals surface area contributed by atoms with Gasteiger partial charge in [0, 0.05) is 38.9 Å². The van der Waals surface area contributed by atoms with Gasteiger partial charge in [0.25, 0.3) is 0 Å². The van der Waals surface area contributed by atoms with Crippen LogP contribution in [0.2, 0.25) is 0 Å². The first-order valence-electron chi connectivity index (χ1n) is 6.63. The molecule has 2 heterocycles. The predicted molar refractivity (Wildman–Crippen MR) is 67.7 cm³/mol. The number of rotatable bonds is 3. The number of urea groups is 1. The maximum Gasteiger partial charge on any atom is 0.317 e. The fraction of sp³-hybridized carbons (Fsp3) is 0.833. The number of nitrogens with zero attached hydrogens (tertiary/aromatic N) is 1. The van der Waals surface area contributed by atoms with E-state index in [0.29, 0.717) is 39.1 Å². The summed E-state index contributed by atoms with van der Waals surface area (Å²) in [6.07, 6.45) is 1.66. The molecule has 7 heteroatoms. The highest BCUT2D eigenvalue weighted by atomic mass is 16.5. The van der Waals surface area contributed by atoms with E-state index < -0.39 is 11.4 Å². The Morgan fingerprint density at radius 3 is 2.63 bits per heavy atom. The zero-order valence-corrected chi connectivity index (χ0v) is 10.9. The third-order valence-corrected chi connectivity index (χ3v) is 3.99. The molecule has 108 valence electrons. The Balaban J connectivity index is 1.88. The molecule has 0 radical (unpaired) electrons. The van der Waals surface area contributed by atoms with Crippen molar-refractivity contribution in [3.05, 3.63) is 0 Å². The van der Waals surface area contributed by atoms with Crippen LogP contribution in [-0.2, 0) is 9.53 Å². The van der Waals surface area contributed by atoms with Crippen LogP contribution in [0.15, 0.2) is 0 Å². The first-order valence-corrected chi connectivity index (χ1v) is 6.63. The van der Waals surface area contributed by atoms with Gasteiger partial charge in [0.2, 0.25) is 0 Å². The van der Waals surface area contributed by atoms with Gasteiger partial charge in [-0.2, -0.15) is 0 Å². The van der Waals surface area contributed by atoms with Gasteiger partial charge in [0.05, 0.1) is 5.41 Å². The number of carboxylic acids is 1. The molecule has 1 atom stereocenters. The molecule has 2 saturated heterocycles. The topological polar surface area (TPSA) is 105 Å². The normalized spacial score (nSPS) is 26.2. The monoisotopic (exact) mass is 271 g/mol. The number of nitrogens with two attached hydrogens (primary N) is 1. The molecule has 2 rings (SSSR count). The van der Waals surface area contributed by atoms with E-state index in [4.69, 9.17) is 10.5 Å². The van der Waals surface area contributed by atoms with Crippen molar-refractivity contribution in [3.8, 4) is 0 Å². The van der Waals surface area contributed by atoms with Crippen molar-refractivity contribution in [1.29, 1.82) is 0 Å². The van der Waals surface area contributed by atoms with Crippen LogP contribution in [0.1, 0.15) is 19.3 Å². The zero-order valence-electron chi connectivity index (χ0n) is 10.9. The lowest BCUT2D eigenvalue weighted by atomic mass is 9.80. The lowest BCUT2D eigenvalue weighted by Gasteiger charge is -2.33. The first kappa shape index (κ1) is 14.1. The number of hydrogen-bond donors (Lipinski definition) is 3. The average molecular weight is 271 g/mol. The second kappa shape index (κ2) is 5.75. The molecule has 2 aliphatic rings. The van der Waals surface area contributed by atoms with Gasteiger partial charge in [-0.25, -0.2) is 4.79 Å². The van der Waals surface area contributed by atoms with Crippen LogP contribution in [0, 0.1) is 5.41 Å². The van der Waals surface area contributed by atoms with Gasteiger partial charge >= 0.3 is 12.0 Å². The van der Waals surface area contributed by atoms with Crippen LogP contribution in [0.3, 0.4) is 0 Å². The highest BCUT2D eigenvalue weighted by molar-refractivity contribution is 5.78. The number of carboxylic acid groups (broad SMARTS) is 1. The number of carbonyl (C=O) groups is 2. The molecule has 2 aliphatic heterocycles. The predicted octanol–water partition coefficient (Wildman–Crippen LogP) is -0.390. The van der Waals surface area contributed by atoms with Gasteiger partial charge < -0.3 is 25.8 Å². The zero-order chi connectivity index (χ0) is 13.9. The van der Waals surface area contributed by atoms with E-state index in [1.807, 2.05) is 0 Å². The van der Waals surface area contributed by atoms with Gasteiger partial charge in [-0.3, -0.25) is 4.79 Å². The van der Waals surface area contributed by atoms with E-state index >= 15 is 0 Å². The minimum atomic E-state index is -0.893. The summed E-state index contributed by atoms with van der Waals surface area (Å²) in [5.41, 5.74) is 4.85. The Hall–Kier alpha value is -1.34. The van der Waals surface area contributed by atoms with E-state index in [-0.39, 0.29) is 18.6 Å². The summed E-state index contributed by atoms with van der Waals surface area (Å²) < 4.78 is 5.19. The molecule has 0 bridgehead atoms. The number of likely N-dealkylation sites (tertiary alicyclic amines) is 1. The van der Waals surface area contributed by atoms with E-state index in [2.05, 4.69) is 5.32 Å². The van der Waals surface area contributed by atoms with Gasteiger partial charge in [0.15, 0.2) is 0 Å². The number of ether oxygens (including phenoxy) is 1. The van der Waals surface area contributed by atoms with Gasteiger partial charge in [-0.1, -0.05) is 0 Å². The number of hydrogen-bond acceptors (Lipinski definition) is 4. The van der Waals surface area contributed by atoms with E-state index in [0.717, 1.165) is 6.42 Å². The summed E-state index contributed by atoms with van der Waals surface area (Å²) in [5.74, 6) is -0.866. The Morgan fingerprint density at radius 1 is 1.42 bits per heavy atom. The minimum Gasteiger partial charge on any atom is -0.481 e. The fourth-order valence-corrected chi connectivity index (χ4v) is 2.56. The molecule has 2 amide bonds. The number of aliphatic carboxylic acids is 1. The van der Waals surface area contributed by atoms with Crippen molar-refractivity contribution >= 4 is 12.0 Å².